The molecule has 5 fully saturated rings. The molecule has 0 aromatic heterocycles. The van der Waals surface area contributed by atoms with Crippen LogP contribution in [0.4, 0.5) is 0 Å². The highest BCUT2D eigenvalue weighted by molar-refractivity contribution is 5.78. The fourth-order valence-electron chi connectivity index (χ4n) is 7.45. The first-order valence-corrected chi connectivity index (χ1v) is 14.9. The van der Waals surface area contributed by atoms with Gasteiger partial charge in [-0.3, -0.25) is 10.1 Å². The summed E-state index contributed by atoms with van der Waals surface area (Å²) in [5.74, 6) is 2.19. The number of aliphatic hydroxyl groups excluding tert-OH is 1. The first kappa shape index (κ1) is 26.8. The summed E-state index contributed by atoms with van der Waals surface area (Å²) in [4.78, 5) is 15.2. The van der Waals surface area contributed by atoms with Gasteiger partial charge < -0.3 is 30.1 Å². The van der Waals surface area contributed by atoms with Crippen molar-refractivity contribution in [2.24, 2.45) is 23.7 Å². The number of likely N-dealkylation sites (tertiary alicyclic amines) is 1. The van der Waals surface area contributed by atoms with E-state index in [4.69, 9.17) is 9.47 Å². The number of piperidine rings is 1. The van der Waals surface area contributed by atoms with E-state index in [-0.39, 0.29) is 17.9 Å². The van der Waals surface area contributed by atoms with Gasteiger partial charge in [0.1, 0.15) is 0 Å². The van der Waals surface area contributed by atoms with Gasteiger partial charge in [0.15, 0.2) is 0 Å². The van der Waals surface area contributed by atoms with Crippen LogP contribution in [0, 0.1) is 23.7 Å². The number of amides is 1. The minimum Gasteiger partial charge on any atom is -0.390 e. The molecule has 0 bridgehead atoms. The molecule has 8 nitrogen and oxygen atoms in total. The van der Waals surface area contributed by atoms with Gasteiger partial charge in [-0.2, -0.15) is 0 Å². The summed E-state index contributed by atoms with van der Waals surface area (Å²) in [6.07, 6.45) is 11.7. The SMILES string of the molecule is CC1C(OCC2CNCO2)CCC2CN(C[C@@H](O)CNC(=O)C3CCCC(NC4CCC4)C3)CCC21. The van der Waals surface area contributed by atoms with Crippen molar-refractivity contribution in [1.82, 2.24) is 20.9 Å². The summed E-state index contributed by atoms with van der Waals surface area (Å²) >= 11 is 0. The van der Waals surface area contributed by atoms with Gasteiger partial charge in [-0.1, -0.05) is 19.8 Å². The van der Waals surface area contributed by atoms with Gasteiger partial charge in [0.05, 0.1) is 31.6 Å². The Hall–Kier alpha value is -0.770. The number of β-amino-alcohol motifs (C(OH)–C–C–N with tert-alkyl or cyclic N) is 1. The Bertz CT molecular complexity index is 701. The van der Waals surface area contributed by atoms with Crippen molar-refractivity contribution in [1.29, 1.82) is 0 Å². The molecule has 8 heteroatoms. The van der Waals surface area contributed by atoms with E-state index in [1.165, 1.54) is 38.5 Å². The van der Waals surface area contributed by atoms with Crippen LogP contribution in [-0.4, -0.2) is 92.4 Å². The smallest absolute Gasteiger partial charge is 0.223 e. The summed E-state index contributed by atoms with van der Waals surface area (Å²) < 4.78 is 11.9. The maximum atomic E-state index is 12.8. The predicted octanol–water partition coefficient (Wildman–Crippen LogP) is 1.86. The van der Waals surface area contributed by atoms with Crippen molar-refractivity contribution in [3.63, 3.8) is 0 Å². The van der Waals surface area contributed by atoms with Gasteiger partial charge in [-0.15, -0.1) is 0 Å². The largest absolute Gasteiger partial charge is 0.390 e. The van der Waals surface area contributed by atoms with E-state index in [0.717, 1.165) is 45.3 Å². The number of hydrogen-bond donors (Lipinski definition) is 4. The van der Waals surface area contributed by atoms with Gasteiger partial charge >= 0.3 is 0 Å². The molecule has 7 unspecified atom stereocenters. The normalized spacial score (nSPS) is 38.8. The van der Waals surface area contributed by atoms with Crippen molar-refractivity contribution >= 4 is 5.91 Å². The second-order valence-corrected chi connectivity index (χ2v) is 12.4. The molecule has 5 aliphatic rings. The Labute approximate surface area is 217 Å². The molecule has 0 aromatic rings. The molecule has 2 saturated heterocycles. The lowest BCUT2D eigenvalue weighted by Gasteiger charge is -2.47. The molecular weight excluding hydrogens is 456 g/mol. The molecule has 0 radical (unpaired) electrons. The van der Waals surface area contributed by atoms with E-state index < -0.39 is 6.10 Å². The number of ether oxygens (including phenoxy) is 2. The van der Waals surface area contributed by atoms with Crippen LogP contribution in [-0.2, 0) is 14.3 Å². The topological polar surface area (TPSA) is 95.1 Å². The van der Waals surface area contributed by atoms with Crippen LogP contribution in [0.1, 0.15) is 71.1 Å². The Morgan fingerprint density at radius 3 is 2.75 bits per heavy atom. The van der Waals surface area contributed by atoms with Crippen LogP contribution in [0.3, 0.4) is 0 Å². The molecule has 0 spiro atoms. The number of rotatable bonds is 10. The number of nitrogens with zero attached hydrogens (tertiary/aromatic N) is 1. The highest BCUT2D eigenvalue weighted by atomic mass is 16.5. The number of fused-ring (bicyclic) bond motifs is 1. The summed E-state index contributed by atoms with van der Waals surface area (Å²) in [5.41, 5.74) is 0. The first-order chi connectivity index (χ1) is 17.5. The summed E-state index contributed by atoms with van der Waals surface area (Å²) in [7, 11) is 0. The van der Waals surface area contributed by atoms with E-state index in [9.17, 15) is 9.90 Å². The number of carbonyl (C=O) groups is 1. The van der Waals surface area contributed by atoms with E-state index in [1.54, 1.807) is 0 Å². The average Bonchev–Trinajstić information content (AvgIpc) is 3.38. The molecule has 3 aliphatic carbocycles. The minimum atomic E-state index is -0.505. The lowest BCUT2D eigenvalue weighted by atomic mass is 9.68. The van der Waals surface area contributed by atoms with Gasteiger partial charge in [-0.05, 0) is 75.7 Å². The second kappa shape index (κ2) is 12.9. The van der Waals surface area contributed by atoms with Gasteiger partial charge in [0.2, 0.25) is 5.91 Å². The molecule has 3 saturated carbocycles. The van der Waals surface area contributed by atoms with Gasteiger partial charge in [0, 0.05) is 44.2 Å². The predicted molar refractivity (Wildman–Crippen MR) is 139 cm³/mol. The van der Waals surface area contributed by atoms with E-state index in [0.29, 0.717) is 62.4 Å². The Morgan fingerprint density at radius 1 is 1.14 bits per heavy atom. The van der Waals surface area contributed by atoms with E-state index in [1.807, 2.05) is 0 Å². The highest BCUT2D eigenvalue weighted by Gasteiger charge is 2.41. The Balaban J connectivity index is 0.990. The number of nitrogens with one attached hydrogen (secondary N) is 3. The summed E-state index contributed by atoms with van der Waals surface area (Å²) in [6, 6.07) is 1.17. The monoisotopic (exact) mass is 506 g/mol. The standard InChI is InChI=1S/C28H50N4O4/c1-19-26-10-11-32(15-21(26)8-9-27(19)35-17-25-14-29-18-36-25)16-24(33)13-30-28(34)20-4-2-7-23(12-20)31-22-5-3-6-22/h19-27,29,31,33H,2-18H2,1H3,(H,30,34)/t19?,20?,21?,23?,24-,25?,26?,27?/m0/s1. The fraction of sp³-hybridized carbons (Fsp3) is 0.964. The maximum absolute atomic E-state index is 12.8. The maximum Gasteiger partial charge on any atom is 0.223 e. The fourth-order valence-corrected chi connectivity index (χ4v) is 7.45. The van der Waals surface area contributed by atoms with Crippen LogP contribution >= 0.6 is 0 Å². The van der Waals surface area contributed by atoms with Crippen LogP contribution < -0.4 is 16.0 Å². The third kappa shape index (κ3) is 7.00. The van der Waals surface area contributed by atoms with E-state index >= 15 is 0 Å². The summed E-state index contributed by atoms with van der Waals surface area (Å²) in [5, 5.41) is 20.8. The van der Waals surface area contributed by atoms with Crippen molar-refractivity contribution in [3.8, 4) is 0 Å². The molecule has 206 valence electrons. The van der Waals surface area contributed by atoms with E-state index in [2.05, 4.69) is 27.8 Å². The van der Waals surface area contributed by atoms with Crippen LogP contribution in [0.25, 0.3) is 0 Å². The zero-order chi connectivity index (χ0) is 24.9. The van der Waals surface area contributed by atoms with Crippen molar-refractivity contribution < 1.29 is 19.4 Å². The highest BCUT2D eigenvalue weighted by Crippen LogP contribution is 2.41. The molecule has 5 rings (SSSR count). The lowest BCUT2D eigenvalue weighted by molar-refractivity contribution is -0.126. The summed E-state index contributed by atoms with van der Waals surface area (Å²) in [6.45, 7) is 7.70. The number of hydrogen-bond acceptors (Lipinski definition) is 7. The molecule has 2 heterocycles. The van der Waals surface area contributed by atoms with Crippen molar-refractivity contribution in [2.75, 3.05) is 46.1 Å². The molecule has 1 amide bonds. The second-order valence-electron chi connectivity index (χ2n) is 12.4. The van der Waals surface area contributed by atoms with Gasteiger partial charge in [0.25, 0.3) is 0 Å². The van der Waals surface area contributed by atoms with Gasteiger partial charge in [-0.25, -0.2) is 0 Å². The zero-order valence-electron chi connectivity index (χ0n) is 22.3. The van der Waals surface area contributed by atoms with Crippen molar-refractivity contribution in [3.05, 3.63) is 0 Å². The Kier molecular flexibility index (Phi) is 9.58. The molecule has 2 aliphatic heterocycles. The first-order valence-electron chi connectivity index (χ1n) is 14.9. The molecule has 4 N–H and O–H groups in total. The molecule has 36 heavy (non-hydrogen) atoms. The minimum absolute atomic E-state index is 0.0923. The average molecular weight is 507 g/mol. The van der Waals surface area contributed by atoms with Crippen molar-refractivity contribution in [2.45, 2.75) is 102 Å². The lowest BCUT2D eigenvalue weighted by Crippen LogP contribution is -2.51. The zero-order valence-corrected chi connectivity index (χ0v) is 22.3. The van der Waals surface area contributed by atoms with Crippen LogP contribution in [0.5, 0.6) is 0 Å². The molecular formula is C28H50N4O4. The quantitative estimate of drug-likeness (QED) is 0.359. The molecule has 8 atom stereocenters. The molecule has 0 aromatic carbocycles. The third-order valence-corrected chi connectivity index (χ3v) is 9.85. The van der Waals surface area contributed by atoms with Crippen LogP contribution in [0.15, 0.2) is 0 Å². The Morgan fingerprint density at radius 2 is 1.97 bits per heavy atom. The third-order valence-electron chi connectivity index (χ3n) is 9.85. The number of aliphatic hydroxyl groups is 1. The number of carbonyl (C=O) groups excluding carboxylic acids is 1. The van der Waals surface area contributed by atoms with Crippen LogP contribution in [0.2, 0.25) is 0 Å².